The van der Waals surface area contributed by atoms with Gasteiger partial charge in [-0.25, -0.2) is 8.78 Å². The van der Waals surface area contributed by atoms with E-state index in [2.05, 4.69) is 21.2 Å². The van der Waals surface area contributed by atoms with Crippen molar-refractivity contribution in [3.8, 4) is 0 Å². The molecule has 1 nitrogen and oxygen atoms in total. The average Bonchev–Trinajstić information content (AvgIpc) is 2.44. The molecule has 1 N–H and O–H groups in total. The SMILES string of the molecule is CCNC(Cc1ccc(F)cc1F)c1ccc(Cl)c(Br)c1. The molecule has 0 aromatic heterocycles. The van der Waals surface area contributed by atoms with Crippen LogP contribution >= 0.6 is 27.5 Å². The molecule has 0 amide bonds. The summed E-state index contributed by atoms with van der Waals surface area (Å²) < 4.78 is 27.6. The molecule has 0 saturated heterocycles. The van der Waals surface area contributed by atoms with E-state index in [4.69, 9.17) is 11.6 Å². The third-order valence-corrected chi connectivity index (χ3v) is 4.45. The van der Waals surface area contributed by atoms with Gasteiger partial charge in [-0.3, -0.25) is 0 Å². The van der Waals surface area contributed by atoms with Crippen molar-refractivity contribution >= 4 is 27.5 Å². The quantitative estimate of drug-likeness (QED) is 0.751. The van der Waals surface area contributed by atoms with Gasteiger partial charge >= 0.3 is 0 Å². The van der Waals surface area contributed by atoms with Crippen molar-refractivity contribution in [3.05, 3.63) is 68.7 Å². The zero-order chi connectivity index (χ0) is 15.4. The Hall–Kier alpha value is -0.970. The van der Waals surface area contributed by atoms with Gasteiger partial charge in [0.25, 0.3) is 0 Å². The van der Waals surface area contributed by atoms with Crippen LogP contribution in [0.3, 0.4) is 0 Å². The molecule has 112 valence electrons. The second-order valence-electron chi connectivity index (χ2n) is 4.72. The first-order valence-corrected chi connectivity index (χ1v) is 7.80. The van der Waals surface area contributed by atoms with Gasteiger partial charge in [-0.2, -0.15) is 0 Å². The highest BCUT2D eigenvalue weighted by molar-refractivity contribution is 9.10. The molecule has 1 unspecified atom stereocenters. The summed E-state index contributed by atoms with van der Waals surface area (Å²) in [4.78, 5) is 0. The number of hydrogen-bond donors (Lipinski definition) is 1. The number of rotatable bonds is 5. The molecule has 5 heteroatoms. The Labute approximate surface area is 136 Å². The van der Waals surface area contributed by atoms with Crippen LogP contribution in [0, 0.1) is 11.6 Å². The smallest absolute Gasteiger partial charge is 0.129 e. The van der Waals surface area contributed by atoms with Crippen LogP contribution in [0.25, 0.3) is 0 Å². The number of benzene rings is 2. The first-order valence-electron chi connectivity index (χ1n) is 6.63. The van der Waals surface area contributed by atoms with Crippen LogP contribution in [0.15, 0.2) is 40.9 Å². The summed E-state index contributed by atoms with van der Waals surface area (Å²) in [6, 6.07) is 9.23. The van der Waals surface area contributed by atoms with Crippen LogP contribution in [-0.4, -0.2) is 6.54 Å². The Morgan fingerprint density at radius 2 is 1.95 bits per heavy atom. The zero-order valence-electron chi connectivity index (χ0n) is 11.5. The summed E-state index contributed by atoms with van der Waals surface area (Å²) in [7, 11) is 0. The van der Waals surface area contributed by atoms with Crippen molar-refractivity contribution < 1.29 is 8.78 Å². The lowest BCUT2D eigenvalue weighted by molar-refractivity contribution is 0.521. The second-order valence-corrected chi connectivity index (χ2v) is 5.99. The third kappa shape index (κ3) is 4.25. The topological polar surface area (TPSA) is 12.0 Å². The fourth-order valence-electron chi connectivity index (χ4n) is 2.19. The predicted molar refractivity (Wildman–Crippen MR) is 85.6 cm³/mol. The normalized spacial score (nSPS) is 12.4. The summed E-state index contributed by atoms with van der Waals surface area (Å²) in [6.07, 6.45) is 0.439. The standard InChI is InChI=1S/C16H15BrClF2N/c1-2-21-16(11-4-6-14(18)13(17)7-11)8-10-3-5-12(19)9-15(10)20/h3-7,9,16,21H,2,8H2,1H3. The minimum absolute atomic E-state index is 0.0662. The van der Waals surface area contributed by atoms with Crippen molar-refractivity contribution in [3.63, 3.8) is 0 Å². The fourth-order valence-corrected chi connectivity index (χ4v) is 2.70. The Bertz CT molecular complexity index is 634. The van der Waals surface area contributed by atoms with Crippen LogP contribution in [0.1, 0.15) is 24.1 Å². The first kappa shape index (κ1) is 16.4. The van der Waals surface area contributed by atoms with E-state index in [9.17, 15) is 8.78 Å². The monoisotopic (exact) mass is 373 g/mol. The van der Waals surface area contributed by atoms with Gasteiger partial charge in [-0.15, -0.1) is 0 Å². The molecule has 21 heavy (non-hydrogen) atoms. The molecule has 2 rings (SSSR count). The molecule has 0 saturated carbocycles. The molecule has 0 heterocycles. The molecule has 0 radical (unpaired) electrons. The van der Waals surface area contributed by atoms with Crippen LogP contribution in [0.4, 0.5) is 8.78 Å². The number of nitrogens with one attached hydrogen (secondary N) is 1. The van der Waals surface area contributed by atoms with Crippen molar-refractivity contribution in [2.45, 2.75) is 19.4 Å². The second kappa shape index (κ2) is 7.34. The molecular weight excluding hydrogens is 360 g/mol. The molecule has 0 aliphatic rings. The van der Waals surface area contributed by atoms with Crippen LogP contribution < -0.4 is 5.32 Å². The van der Waals surface area contributed by atoms with Gasteiger partial charge in [-0.1, -0.05) is 30.7 Å². The molecule has 0 aliphatic heterocycles. The maximum absolute atomic E-state index is 13.8. The molecule has 0 bridgehead atoms. The minimum atomic E-state index is -0.564. The highest BCUT2D eigenvalue weighted by atomic mass is 79.9. The highest BCUT2D eigenvalue weighted by Crippen LogP contribution is 2.28. The molecule has 2 aromatic rings. The summed E-state index contributed by atoms with van der Waals surface area (Å²) in [5, 5.41) is 3.94. The van der Waals surface area contributed by atoms with Crippen molar-refractivity contribution in [1.29, 1.82) is 0 Å². The fraction of sp³-hybridized carbons (Fsp3) is 0.250. The van der Waals surface area contributed by atoms with Crippen LogP contribution in [0.2, 0.25) is 5.02 Å². The van der Waals surface area contributed by atoms with Gasteiger partial charge in [-0.05, 0) is 58.2 Å². The molecule has 0 fully saturated rings. The van der Waals surface area contributed by atoms with E-state index in [-0.39, 0.29) is 6.04 Å². The van der Waals surface area contributed by atoms with Crippen molar-refractivity contribution in [2.75, 3.05) is 6.54 Å². The van der Waals surface area contributed by atoms with E-state index in [0.29, 0.717) is 17.0 Å². The van der Waals surface area contributed by atoms with Gasteiger partial charge in [0.05, 0.1) is 5.02 Å². The zero-order valence-corrected chi connectivity index (χ0v) is 13.8. The third-order valence-electron chi connectivity index (χ3n) is 3.24. The van der Waals surface area contributed by atoms with E-state index in [0.717, 1.165) is 22.6 Å². The Kier molecular flexibility index (Phi) is 5.73. The Morgan fingerprint density at radius 1 is 1.19 bits per heavy atom. The Morgan fingerprint density at radius 3 is 2.57 bits per heavy atom. The van der Waals surface area contributed by atoms with Gasteiger partial charge in [0, 0.05) is 16.6 Å². The minimum Gasteiger partial charge on any atom is -0.310 e. The maximum Gasteiger partial charge on any atom is 0.129 e. The highest BCUT2D eigenvalue weighted by Gasteiger charge is 2.15. The summed E-state index contributed by atoms with van der Waals surface area (Å²) >= 11 is 9.39. The largest absolute Gasteiger partial charge is 0.310 e. The van der Waals surface area contributed by atoms with Gasteiger partial charge in [0.15, 0.2) is 0 Å². The van der Waals surface area contributed by atoms with Crippen molar-refractivity contribution in [2.24, 2.45) is 0 Å². The summed E-state index contributed by atoms with van der Waals surface area (Å²) in [5.74, 6) is -1.09. The van der Waals surface area contributed by atoms with E-state index >= 15 is 0 Å². The lowest BCUT2D eigenvalue weighted by Gasteiger charge is -2.19. The lowest BCUT2D eigenvalue weighted by atomic mass is 9.98. The molecular formula is C16H15BrClF2N. The van der Waals surface area contributed by atoms with E-state index in [1.807, 2.05) is 19.1 Å². The van der Waals surface area contributed by atoms with Gasteiger partial charge in [0.1, 0.15) is 11.6 Å². The van der Waals surface area contributed by atoms with Gasteiger partial charge < -0.3 is 5.32 Å². The Balaban J connectivity index is 2.28. The van der Waals surface area contributed by atoms with Crippen LogP contribution in [0.5, 0.6) is 0 Å². The summed E-state index contributed by atoms with van der Waals surface area (Å²) in [6.45, 7) is 2.73. The average molecular weight is 375 g/mol. The first-order chi connectivity index (χ1) is 10.0. The van der Waals surface area contributed by atoms with Crippen molar-refractivity contribution in [1.82, 2.24) is 5.32 Å². The summed E-state index contributed by atoms with van der Waals surface area (Å²) in [5.41, 5.74) is 1.48. The van der Waals surface area contributed by atoms with E-state index < -0.39 is 11.6 Å². The molecule has 0 aliphatic carbocycles. The molecule has 1 atom stereocenters. The number of halogens is 4. The van der Waals surface area contributed by atoms with Crippen LogP contribution in [-0.2, 0) is 6.42 Å². The number of likely N-dealkylation sites (N-methyl/N-ethyl adjacent to an activating group) is 1. The van der Waals surface area contributed by atoms with E-state index in [1.165, 1.54) is 12.1 Å². The van der Waals surface area contributed by atoms with Gasteiger partial charge in [0.2, 0.25) is 0 Å². The molecule has 2 aromatic carbocycles. The van der Waals surface area contributed by atoms with E-state index in [1.54, 1.807) is 6.07 Å². The molecule has 0 spiro atoms. The predicted octanol–water partition coefficient (Wildman–Crippen LogP) is 5.27. The maximum atomic E-state index is 13.8. The number of hydrogen-bond acceptors (Lipinski definition) is 1. The lowest BCUT2D eigenvalue weighted by Crippen LogP contribution is -2.23.